The van der Waals surface area contributed by atoms with Gasteiger partial charge in [0.05, 0.1) is 0 Å². The molecule has 2 heterocycles. The molecular weight excluding hydrogens is 500 g/mol. The van der Waals surface area contributed by atoms with Gasteiger partial charge >= 0.3 is 0 Å². The average Bonchev–Trinajstić information content (AvgIpc) is 3.50. The Bertz CT molecular complexity index is 1460. The van der Waals surface area contributed by atoms with Gasteiger partial charge in [-0.25, -0.2) is 27.2 Å². The van der Waals surface area contributed by atoms with E-state index >= 15 is 0 Å². The zero-order valence-electron chi connectivity index (χ0n) is 20.3. The largest absolute Gasteiger partial charge is 0.487 e. The number of halogens is 2. The Kier molecular flexibility index (Phi) is 8.50. The number of aryl methyl sites for hydroxylation is 2. The number of ether oxygens (including phenoxy) is 1. The van der Waals surface area contributed by atoms with Crippen LogP contribution >= 0.6 is 0 Å². The van der Waals surface area contributed by atoms with Crippen molar-refractivity contribution >= 4 is 22.0 Å². The first-order chi connectivity index (χ1) is 17.7. The lowest BCUT2D eigenvalue weighted by Crippen LogP contribution is -2.09. The second-order valence-corrected chi connectivity index (χ2v) is 10.8. The molecule has 4 rings (SSSR count). The van der Waals surface area contributed by atoms with E-state index in [9.17, 15) is 17.2 Å². The van der Waals surface area contributed by atoms with Crippen molar-refractivity contribution in [1.29, 1.82) is 0 Å². The van der Waals surface area contributed by atoms with Gasteiger partial charge in [-0.3, -0.25) is 0 Å². The molecule has 4 aromatic rings. The number of nitrogens with zero attached hydrogens (tertiary/aromatic N) is 3. The third-order valence-electron chi connectivity index (χ3n) is 5.55. The van der Waals surface area contributed by atoms with Gasteiger partial charge in [-0.15, -0.1) is 0 Å². The third-order valence-corrected chi connectivity index (χ3v) is 6.33. The van der Waals surface area contributed by atoms with Crippen molar-refractivity contribution in [2.24, 2.45) is 0 Å². The first-order valence-electron chi connectivity index (χ1n) is 11.7. The first kappa shape index (κ1) is 26.3. The van der Waals surface area contributed by atoms with Crippen LogP contribution in [0.5, 0.6) is 5.75 Å². The Hall–Kier alpha value is -3.79. The molecule has 0 saturated carbocycles. The fourth-order valence-corrected chi connectivity index (χ4v) is 4.40. The van der Waals surface area contributed by atoms with Gasteiger partial charge in [-0.2, -0.15) is 0 Å². The first-order valence-corrected chi connectivity index (χ1v) is 13.8. The fourth-order valence-electron chi connectivity index (χ4n) is 3.69. The van der Waals surface area contributed by atoms with Gasteiger partial charge in [-0.1, -0.05) is 18.2 Å². The summed E-state index contributed by atoms with van der Waals surface area (Å²) in [4.78, 5) is 8.46. The number of benzene rings is 2. The van der Waals surface area contributed by atoms with Gasteiger partial charge in [0.1, 0.15) is 35.9 Å². The molecule has 194 valence electrons. The van der Waals surface area contributed by atoms with Crippen molar-refractivity contribution in [2.75, 3.05) is 6.26 Å². The molecule has 37 heavy (non-hydrogen) atoms. The predicted molar refractivity (Wildman–Crippen MR) is 136 cm³/mol. The summed E-state index contributed by atoms with van der Waals surface area (Å²) < 4.78 is 62.4. The van der Waals surface area contributed by atoms with E-state index in [0.29, 0.717) is 28.7 Å². The lowest BCUT2D eigenvalue weighted by molar-refractivity contribution is 0.301. The van der Waals surface area contributed by atoms with Crippen LogP contribution in [-0.2, 0) is 35.2 Å². The molecule has 0 aliphatic heterocycles. The van der Waals surface area contributed by atoms with E-state index < -0.39 is 21.5 Å². The van der Waals surface area contributed by atoms with E-state index in [0.717, 1.165) is 37.9 Å². The molecule has 2 aromatic carbocycles. The number of hydrogen-bond donors (Lipinski definition) is 0. The van der Waals surface area contributed by atoms with E-state index in [1.807, 2.05) is 35.0 Å². The number of oxazole rings is 1. The van der Waals surface area contributed by atoms with Crippen molar-refractivity contribution in [1.82, 2.24) is 14.5 Å². The Morgan fingerprint density at radius 2 is 1.86 bits per heavy atom. The minimum absolute atomic E-state index is 0.0506. The summed E-state index contributed by atoms with van der Waals surface area (Å²) in [6, 6.07) is 11.5. The number of unbranched alkanes of at least 4 members (excludes halogenated alkanes) is 1. The Labute approximate surface area is 214 Å². The summed E-state index contributed by atoms with van der Waals surface area (Å²) in [5.41, 5.74) is 2.28. The summed E-state index contributed by atoms with van der Waals surface area (Å²) in [7, 11) is -3.11. The van der Waals surface area contributed by atoms with E-state index in [1.165, 1.54) is 24.1 Å². The maximum atomic E-state index is 13.3. The lowest BCUT2D eigenvalue weighted by atomic mass is 10.1. The molecule has 0 amide bonds. The van der Waals surface area contributed by atoms with Crippen LogP contribution in [-0.4, -0.2) is 29.2 Å². The average molecular weight is 528 g/mol. The van der Waals surface area contributed by atoms with Gasteiger partial charge < -0.3 is 13.7 Å². The van der Waals surface area contributed by atoms with E-state index in [-0.39, 0.29) is 12.4 Å². The second kappa shape index (κ2) is 12.0. The molecule has 0 unspecified atom stereocenters. The highest BCUT2D eigenvalue weighted by molar-refractivity contribution is 7.89. The van der Waals surface area contributed by atoms with Gasteiger partial charge in [0, 0.05) is 31.3 Å². The lowest BCUT2D eigenvalue weighted by Gasteiger charge is -2.08. The van der Waals surface area contributed by atoms with Gasteiger partial charge in [0.25, 0.3) is 0 Å². The fraction of sp³-hybridized carbons (Fsp3) is 0.259. The molecule has 0 atom stereocenters. The Balaban J connectivity index is 1.20. The number of hydrogen-bond acceptors (Lipinski definition) is 6. The van der Waals surface area contributed by atoms with Crippen LogP contribution in [0.3, 0.4) is 0 Å². The van der Waals surface area contributed by atoms with Crippen LogP contribution in [0.4, 0.5) is 8.78 Å². The maximum absolute atomic E-state index is 13.3. The van der Waals surface area contributed by atoms with Crippen LogP contribution in [0.25, 0.3) is 12.2 Å². The molecule has 0 radical (unpaired) electrons. The zero-order valence-corrected chi connectivity index (χ0v) is 21.1. The predicted octanol–water partition coefficient (Wildman–Crippen LogP) is 5.47. The van der Waals surface area contributed by atoms with Crippen LogP contribution in [0, 0.1) is 11.6 Å². The Morgan fingerprint density at radius 3 is 2.62 bits per heavy atom. The molecule has 0 bridgehead atoms. The van der Waals surface area contributed by atoms with E-state index in [1.54, 1.807) is 18.3 Å². The van der Waals surface area contributed by atoms with Crippen molar-refractivity contribution in [3.05, 3.63) is 101 Å². The number of sulfone groups is 1. The highest BCUT2D eigenvalue weighted by atomic mass is 32.2. The molecule has 2 aromatic heterocycles. The minimum atomic E-state index is -3.11. The smallest absolute Gasteiger partial charge is 0.218 e. The normalized spacial score (nSPS) is 11.9. The third kappa shape index (κ3) is 8.11. The monoisotopic (exact) mass is 527 g/mol. The van der Waals surface area contributed by atoms with Gasteiger partial charge in [0.15, 0.2) is 21.5 Å². The zero-order chi connectivity index (χ0) is 26.3. The molecule has 0 N–H and O–H groups in total. The van der Waals surface area contributed by atoms with E-state index in [4.69, 9.17) is 9.15 Å². The molecule has 0 spiro atoms. The highest BCUT2D eigenvalue weighted by Crippen LogP contribution is 2.17. The van der Waals surface area contributed by atoms with Crippen molar-refractivity contribution in [2.45, 2.75) is 38.2 Å². The van der Waals surface area contributed by atoms with Crippen molar-refractivity contribution < 1.29 is 26.4 Å². The summed E-state index contributed by atoms with van der Waals surface area (Å²) in [6.45, 7) is 0.949. The van der Waals surface area contributed by atoms with Crippen LogP contribution in [0.1, 0.15) is 41.4 Å². The molecule has 0 aliphatic carbocycles. The highest BCUT2D eigenvalue weighted by Gasteiger charge is 2.10. The van der Waals surface area contributed by atoms with Gasteiger partial charge in [0.2, 0.25) is 5.89 Å². The minimum Gasteiger partial charge on any atom is -0.487 e. The molecular formula is C27H27F2N3O4S. The van der Waals surface area contributed by atoms with Crippen molar-refractivity contribution in [3.8, 4) is 5.75 Å². The number of rotatable bonds is 12. The Morgan fingerprint density at radius 1 is 1.05 bits per heavy atom. The number of aromatic nitrogens is 3. The maximum Gasteiger partial charge on any atom is 0.218 e. The number of imidazole rings is 1. The van der Waals surface area contributed by atoms with Gasteiger partial charge in [-0.05, 0) is 60.7 Å². The van der Waals surface area contributed by atoms with Crippen LogP contribution in [0.2, 0.25) is 0 Å². The molecule has 10 heteroatoms. The molecule has 7 nitrogen and oxygen atoms in total. The quantitative estimate of drug-likeness (QED) is 0.227. The van der Waals surface area contributed by atoms with Crippen LogP contribution in [0.15, 0.2) is 65.5 Å². The SMILES string of the molecule is CS(=O)(=O)Cc1nccn1CCCCc1ccc(OCc2coc(/C=C/c3ccc(F)c(F)c3)n2)cc1. The molecule has 0 aliphatic rings. The second-order valence-electron chi connectivity index (χ2n) is 8.68. The molecule has 0 fully saturated rings. The van der Waals surface area contributed by atoms with E-state index in [2.05, 4.69) is 9.97 Å². The van der Waals surface area contributed by atoms with Crippen LogP contribution < -0.4 is 4.74 Å². The summed E-state index contributed by atoms with van der Waals surface area (Å²) >= 11 is 0. The van der Waals surface area contributed by atoms with Crippen molar-refractivity contribution in [3.63, 3.8) is 0 Å². The topological polar surface area (TPSA) is 87.2 Å². The summed E-state index contributed by atoms with van der Waals surface area (Å²) in [5, 5.41) is 0. The standard InChI is InChI=1S/C27H27F2N3O4S/c1-37(33,34)19-26-30-13-15-32(26)14-3-2-4-20-5-9-23(10-6-20)35-17-22-18-36-27(31-22)12-8-21-7-11-24(28)25(29)16-21/h5-13,15-16,18H,2-4,14,17,19H2,1H3/b12-8+. The summed E-state index contributed by atoms with van der Waals surface area (Å²) in [6.07, 6.45) is 12.1. The summed E-state index contributed by atoms with van der Waals surface area (Å²) in [5.74, 6) is -0.252. The molecule has 0 saturated heterocycles.